The number of nitrogens with zero attached hydrogens (tertiary/aromatic N) is 1. The van der Waals surface area contributed by atoms with E-state index in [4.69, 9.17) is 37.4 Å². The van der Waals surface area contributed by atoms with Crippen molar-refractivity contribution in [1.29, 1.82) is 0 Å². The number of ether oxygens (including phenoxy) is 4. The van der Waals surface area contributed by atoms with Crippen molar-refractivity contribution in [2.24, 2.45) is 5.92 Å². The van der Waals surface area contributed by atoms with Crippen LogP contribution in [0.15, 0.2) is 90.0 Å². The number of halogens is 8. The summed E-state index contributed by atoms with van der Waals surface area (Å²) in [5.41, 5.74) is -3.21. The van der Waals surface area contributed by atoms with E-state index in [1.54, 1.807) is 74.5 Å². The number of alkyl halides is 7. The molecule has 18 heteroatoms. The lowest BCUT2D eigenvalue weighted by Gasteiger charge is -2.49. The van der Waals surface area contributed by atoms with Gasteiger partial charge >= 0.3 is 43.3 Å². The number of benzene rings is 3. The van der Waals surface area contributed by atoms with Crippen LogP contribution in [-0.2, 0) is 57.6 Å². The number of hydrogen-bond acceptors (Lipinski definition) is 8. The Kier molecular flexibility index (Phi) is 18.1. The van der Waals surface area contributed by atoms with E-state index in [-0.39, 0.29) is 56.1 Å². The first-order valence-corrected chi connectivity index (χ1v) is 20.5. The van der Waals surface area contributed by atoms with Gasteiger partial charge in [-0.2, -0.15) is 26.3 Å². The van der Waals surface area contributed by atoms with Crippen LogP contribution in [0.2, 0.25) is 0 Å². The van der Waals surface area contributed by atoms with Crippen molar-refractivity contribution in [2.45, 2.75) is 69.3 Å². The van der Waals surface area contributed by atoms with Crippen molar-refractivity contribution in [3.63, 3.8) is 0 Å². The van der Waals surface area contributed by atoms with Gasteiger partial charge in [0.25, 0.3) is 0 Å². The van der Waals surface area contributed by atoms with Gasteiger partial charge in [0.2, 0.25) is 0 Å². The fraction of sp³-hybridized carbons (Fsp3) is 0.425. The normalized spacial score (nSPS) is 18.6. The SMILES string of the molecule is CCOC(=O)/C(Cl)=C/C1CC[C@](CO[C@H](C)c2cc(C(F)(F)F)cc(C(F)(F)F)c2)(c2ccccc2)N(C(=O)OCc2ccccc2)C1.CCOC(=O)C(Cl)[P+](C)=O. The van der Waals surface area contributed by atoms with Crippen molar-refractivity contribution in [1.82, 2.24) is 4.90 Å². The quantitative estimate of drug-likeness (QED) is 0.0417. The van der Waals surface area contributed by atoms with Gasteiger partial charge in [-0.05, 0) is 74.4 Å². The second-order valence-electron chi connectivity index (χ2n) is 13.0. The molecule has 3 unspecified atom stereocenters. The van der Waals surface area contributed by atoms with E-state index in [1.807, 2.05) is 0 Å². The van der Waals surface area contributed by atoms with Gasteiger partial charge < -0.3 is 18.9 Å². The fourth-order valence-electron chi connectivity index (χ4n) is 5.93. The molecular weight excluding hydrogens is 838 g/mol. The van der Waals surface area contributed by atoms with Gasteiger partial charge in [-0.15, -0.1) is 0 Å². The Bertz CT molecular complexity index is 1850. The minimum absolute atomic E-state index is 0.00232. The predicted octanol–water partition coefficient (Wildman–Crippen LogP) is 11.0. The molecule has 0 aliphatic carbocycles. The van der Waals surface area contributed by atoms with Crippen LogP contribution in [0.3, 0.4) is 0 Å². The maximum absolute atomic E-state index is 13.9. The summed E-state index contributed by atoms with van der Waals surface area (Å²) in [6.45, 7) is 6.03. The minimum atomic E-state index is -5.03. The zero-order valence-electron chi connectivity index (χ0n) is 31.9. The summed E-state index contributed by atoms with van der Waals surface area (Å²) in [6.07, 6.45) is -9.96. The molecule has 3 aromatic carbocycles. The van der Waals surface area contributed by atoms with E-state index < -0.39 is 72.0 Å². The Labute approximate surface area is 343 Å². The number of esters is 2. The smallest absolute Gasteiger partial charge is 0.416 e. The number of piperidine rings is 1. The van der Waals surface area contributed by atoms with Crippen LogP contribution in [0.25, 0.3) is 0 Å². The monoisotopic (exact) mass is 880 g/mol. The molecule has 1 aliphatic heterocycles. The molecule has 1 aliphatic rings. The molecule has 1 saturated heterocycles. The van der Waals surface area contributed by atoms with Gasteiger partial charge in [0.1, 0.15) is 18.3 Å². The predicted molar refractivity (Wildman–Crippen MR) is 205 cm³/mol. The first-order valence-electron chi connectivity index (χ1n) is 17.9. The second-order valence-corrected chi connectivity index (χ2v) is 15.8. The van der Waals surface area contributed by atoms with Gasteiger partial charge in [-0.3, -0.25) is 4.90 Å². The number of likely N-dealkylation sites (tertiary alicyclic amines) is 1. The van der Waals surface area contributed by atoms with Crippen molar-refractivity contribution in [2.75, 3.05) is 33.0 Å². The largest absolute Gasteiger partial charge is 0.462 e. The number of carbonyl (C=O) groups excluding carboxylic acids is 3. The molecule has 0 radical (unpaired) electrons. The van der Waals surface area contributed by atoms with Crippen molar-refractivity contribution >= 4 is 49.0 Å². The third-order valence-electron chi connectivity index (χ3n) is 8.90. The van der Waals surface area contributed by atoms with Gasteiger partial charge in [-0.1, -0.05) is 94.5 Å². The summed E-state index contributed by atoms with van der Waals surface area (Å²) in [4.78, 5) is 38.2. The first kappa shape index (κ1) is 48.2. The molecule has 4 rings (SSSR count). The fourth-order valence-corrected chi connectivity index (χ4v) is 6.60. The molecule has 0 spiro atoms. The third kappa shape index (κ3) is 13.7. The van der Waals surface area contributed by atoms with Crippen LogP contribution in [0, 0.1) is 5.92 Å². The summed E-state index contributed by atoms with van der Waals surface area (Å²) >= 11 is 11.6. The lowest BCUT2D eigenvalue weighted by atomic mass is 9.77. The number of carbonyl (C=O) groups is 3. The van der Waals surface area contributed by atoms with E-state index in [0.29, 0.717) is 29.7 Å². The summed E-state index contributed by atoms with van der Waals surface area (Å²) in [5.74, 6) is -1.76. The van der Waals surface area contributed by atoms with E-state index in [2.05, 4.69) is 4.74 Å². The molecule has 58 heavy (non-hydrogen) atoms. The molecule has 1 amide bonds. The lowest BCUT2D eigenvalue weighted by Crippen LogP contribution is -2.57. The topological polar surface area (TPSA) is 108 Å². The van der Waals surface area contributed by atoms with Crippen LogP contribution in [0.5, 0.6) is 0 Å². The maximum atomic E-state index is 13.9. The highest BCUT2D eigenvalue weighted by Gasteiger charge is 2.47. The molecule has 0 bridgehead atoms. The minimum Gasteiger partial charge on any atom is -0.462 e. The second kappa shape index (κ2) is 21.7. The molecule has 1 fully saturated rings. The highest BCUT2D eigenvalue weighted by Crippen LogP contribution is 2.43. The van der Waals surface area contributed by atoms with Crippen molar-refractivity contribution in [3.05, 3.63) is 118 Å². The van der Waals surface area contributed by atoms with Crippen LogP contribution in [-0.4, -0.2) is 61.1 Å². The Balaban J connectivity index is 0.000000793. The summed E-state index contributed by atoms with van der Waals surface area (Å²) in [5, 5.41) is -1.16. The molecule has 0 N–H and O–H groups in total. The number of rotatable bonds is 13. The van der Waals surface area contributed by atoms with Crippen LogP contribution in [0.4, 0.5) is 31.1 Å². The Morgan fingerprint density at radius 2 is 1.45 bits per heavy atom. The van der Waals surface area contributed by atoms with Gasteiger partial charge in [-0.25, -0.2) is 14.4 Å². The third-order valence-corrected chi connectivity index (χ3v) is 11.0. The molecule has 5 atom stereocenters. The van der Waals surface area contributed by atoms with E-state index in [0.717, 1.165) is 0 Å². The maximum Gasteiger partial charge on any atom is 0.416 e. The number of hydrogen-bond donors (Lipinski definition) is 0. The Morgan fingerprint density at radius 1 is 0.897 bits per heavy atom. The van der Waals surface area contributed by atoms with Crippen molar-refractivity contribution in [3.8, 4) is 0 Å². The highest BCUT2D eigenvalue weighted by molar-refractivity contribution is 7.48. The zero-order chi connectivity index (χ0) is 43.3. The molecular formula is C40H43Cl2F6NO8P+. The molecule has 0 saturated carbocycles. The molecule has 316 valence electrons. The van der Waals surface area contributed by atoms with E-state index in [1.165, 1.54) is 24.6 Å². The van der Waals surface area contributed by atoms with Crippen LogP contribution < -0.4 is 0 Å². The summed E-state index contributed by atoms with van der Waals surface area (Å²) in [6, 6.07) is 18.9. The standard InChI is InChI=1S/C35H34ClF6NO5.C5H9ClO3P/c1-3-46-31(44)30(36)16-25-14-15-33(27-12-8-5-9-13-27,43(20-25)32(45)47-21-24-10-6-4-7-11-24)22-48-23(2)26-17-28(34(37,38)39)19-29(18-26)35(40,41)42;1-3-9-5(7)4(6)10(2)8/h4-13,16-19,23,25H,3,14-15,20-22H2,1-2H3;4H,3H2,1-2H3/q;+1/b30-16-;/t23-,25?,33+;/m1./s1. The first-order chi connectivity index (χ1) is 27.2. The number of amides is 1. The average Bonchev–Trinajstić information content (AvgIpc) is 3.19. The lowest BCUT2D eigenvalue weighted by molar-refractivity contribution is -0.144. The van der Waals surface area contributed by atoms with Gasteiger partial charge in [0.05, 0.1) is 42.6 Å². The molecule has 0 aromatic heterocycles. The Morgan fingerprint density at radius 3 is 1.97 bits per heavy atom. The van der Waals surface area contributed by atoms with E-state index >= 15 is 0 Å². The summed E-state index contributed by atoms with van der Waals surface area (Å²) in [7, 11) is -1.67. The molecule has 1 heterocycles. The van der Waals surface area contributed by atoms with Gasteiger partial charge in [0, 0.05) is 6.54 Å². The van der Waals surface area contributed by atoms with Crippen molar-refractivity contribution < 1.29 is 64.2 Å². The van der Waals surface area contributed by atoms with Crippen LogP contribution >= 0.6 is 31.0 Å². The summed E-state index contributed by atoms with van der Waals surface area (Å²) < 4.78 is 113. The van der Waals surface area contributed by atoms with Gasteiger partial charge in [0.15, 0.2) is 0 Å². The molecule has 9 nitrogen and oxygen atoms in total. The molecule has 3 aromatic rings. The average molecular weight is 882 g/mol. The van der Waals surface area contributed by atoms with Crippen LogP contribution in [0.1, 0.15) is 67.5 Å². The Hall–Kier alpha value is -4.17. The van der Waals surface area contributed by atoms with E-state index in [9.17, 15) is 45.3 Å². The highest BCUT2D eigenvalue weighted by atomic mass is 35.5. The zero-order valence-corrected chi connectivity index (χ0v) is 34.4.